The van der Waals surface area contributed by atoms with Crippen LogP contribution in [0.4, 0.5) is 5.69 Å². The third-order valence-corrected chi connectivity index (χ3v) is 7.92. The van der Waals surface area contributed by atoms with E-state index in [9.17, 15) is 13.2 Å². The lowest BCUT2D eigenvalue weighted by atomic mass is 10.1. The van der Waals surface area contributed by atoms with Gasteiger partial charge in [0.1, 0.15) is 0 Å². The van der Waals surface area contributed by atoms with Crippen molar-refractivity contribution in [3.63, 3.8) is 0 Å². The molecule has 1 N–H and O–H groups in total. The number of para-hydroxylation sites is 1. The van der Waals surface area contributed by atoms with E-state index in [1.807, 2.05) is 32.0 Å². The van der Waals surface area contributed by atoms with Gasteiger partial charge < -0.3 is 14.5 Å². The van der Waals surface area contributed by atoms with Crippen molar-refractivity contribution in [3.05, 3.63) is 53.6 Å². The van der Waals surface area contributed by atoms with Crippen LogP contribution in [-0.2, 0) is 19.6 Å². The molecule has 11 heteroatoms. The van der Waals surface area contributed by atoms with Crippen LogP contribution in [0.3, 0.4) is 0 Å². The molecule has 0 spiro atoms. The maximum absolute atomic E-state index is 12.7. The van der Waals surface area contributed by atoms with Crippen molar-refractivity contribution in [3.8, 4) is 11.5 Å². The van der Waals surface area contributed by atoms with Crippen LogP contribution in [0.5, 0.6) is 0 Å². The first kappa shape index (κ1) is 23.4. The summed E-state index contributed by atoms with van der Waals surface area (Å²) >= 11 is 1.13. The monoisotopic (exact) mass is 488 g/mol. The van der Waals surface area contributed by atoms with Crippen LogP contribution in [0.2, 0.25) is 0 Å². The number of hydrogen-bond donors (Lipinski definition) is 1. The number of amides is 1. The minimum absolute atomic E-state index is 0.117. The van der Waals surface area contributed by atoms with Crippen LogP contribution in [-0.4, -0.2) is 60.9 Å². The average molecular weight is 489 g/mol. The number of aryl methyl sites for hydroxylation is 2. The molecule has 0 saturated carbocycles. The van der Waals surface area contributed by atoms with E-state index in [2.05, 4.69) is 15.5 Å². The van der Waals surface area contributed by atoms with E-state index in [0.29, 0.717) is 31.9 Å². The van der Waals surface area contributed by atoms with Gasteiger partial charge in [0.2, 0.25) is 21.8 Å². The summed E-state index contributed by atoms with van der Waals surface area (Å²) in [5.41, 5.74) is 3.39. The van der Waals surface area contributed by atoms with Gasteiger partial charge in [-0.3, -0.25) is 4.79 Å². The molecule has 9 nitrogen and oxygen atoms in total. The molecule has 1 amide bonds. The Bertz CT molecular complexity index is 1220. The van der Waals surface area contributed by atoms with E-state index in [1.165, 1.54) is 16.4 Å². The lowest BCUT2D eigenvalue weighted by Crippen LogP contribution is -2.40. The van der Waals surface area contributed by atoms with Gasteiger partial charge in [-0.1, -0.05) is 30.0 Å². The minimum Gasteiger partial charge on any atom is -0.411 e. The van der Waals surface area contributed by atoms with Crippen LogP contribution in [0.25, 0.3) is 11.5 Å². The second-order valence-electron chi connectivity index (χ2n) is 7.52. The molecule has 1 fully saturated rings. The van der Waals surface area contributed by atoms with E-state index in [-0.39, 0.29) is 27.7 Å². The minimum atomic E-state index is -3.57. The van der Waals surface area contributed by atoms with Crippen molar-refractivity contribution < 1.29 is 22.4 Å². The smallest absolute Gasteiger partial charge is 0.277 e. The van der Waals surface area contributed by atoms with E-state index < -0.39 is 10.0 Å². The summed E-state index contributed by atoms with van der Waals surface area (Å²) in [4.78, 5) is 12.5. The summed E-state index contributed by atoms with van der Waals surface area (Å²) < 4.78 is 37.8. The number of aromatic nitrogens is 2. The number of rotatable bonds is 7. The van der Waals surface area contributed by atoms with Crippen LogP contribution in [0.1, 0.15) is 11.1 Å². The van der Waals surface area contributed by atoms with Crippen molar-refractivity contribution in [2.45, 2.75) is 24.0 Å². The van der Waals surface area contributed by atoms with E-state index >= 15 is 0 Å². The number of carbonyl (C=O) groups excluding carboxylic acids is 1. The Labute approximate surface area is 196 Å². The Morgan fingerprint density at radius 1 is 1.06 bits per heavy atom. The molecule has 33 heavy (non-hydrogen) atoms. The van der Waals surface area contributed by atoms with Crippen LogP contribution in [0, 0.1) is 13.8 Å². The SMILES string of the molecule is Cc1cccc(C)c1NC(=O)CSc1nnc(-c2ccc(S(=O)(=O)N3CCOCC3)cc2)o1. The number of morpholine rings is 1. The lowest BCUT2D eigenvalue weighted by Gasteiger charge is -2.26. The third-order valence-electron chi connectivity index (χ3n) is 5.19. The summed E-state index contributed by atoms with van der Waals surface area (Å²) in [6.07, 6.45) is 0. The Balaban J connectivity index is 1.37. The molecule has 0 aliphatic carbocycles. The van der Waals surface area contributed by atoms with Gasteiger partial charge in [0, 0.05) is 24.3 Å². The molecule has 174 valence electrons. The molecule has 1 aliphatic heterocycles. The predicted octanol–water partition coefficient (Wildman–Crippen LogP) is 3.11. The van der Waals surface area contributed by atoms with Gasteiger partial charge in [0.25, 0.3) is 5.22 Å². The lowest BCUT2D eigenvalue weighted by molar-refractivity contribution is -0.113. The number of nitrogens with zero attached hydrogens (tertiary/aromatic N) is 3. The Morgan fingerprint density at radius 3 is 2.39 bits per heavy atom. The average Bonchev–Trinajstić information content (AvgIpc) is 3.30. The molecule has 1 aliphatic rings. The Hall–Kier alpha value is -2.73. The number of ether oxygens (including phenoxy) is 1. The number of carbonyl (C=O) groups is 1. The van der Waals surface area contributed by atoms with Gasteiger partial charge in [-0.25, -0.2) is 8.42 Å². The highest BCUT2D eigenvalue weighted by Crippen LogP contribution is 2.26. The molecular weight excluding hydrogens is 464 g/mol. The number of nitrogens with one attached hydrogen (secondary N) is 1. The fourth-order valence-corrected chi connectivity index (χ4v) is 5.38. The molecule has 0 bridgehead atoms. The van der Waals surface area contributed by atoms with Crippen LogP contribution < -0.4 is 5.32 Å². The molecule has 2 aromatic carbocycles. The Kier molecular flexibility index (Phi) is 7.13. The highest BCUT2D eigenvalue weighted by molar-refractivity contribution is 7.99. The van der Waals surface area contributed by atoms with Crippen molar-refractivity contribution in [2.75, 3.05) is 37.4 Å². The number of benzene rings is 2. The number of thioether (sulfide) groups is 1. The molecule has 0 radical (unpaired) electrons. The maximum atomic E-state index is 12.7. The predicted molar refractivity (Wildman–Crippen MR) is 125 cm³/mol. The highest BCUT2D eigenvalue weighted by Gasteiger charge is 2.26. The van der Waals surface area contributed by atoms with E-state index in [0.717, 1.165) is 28.6 Å². The molecule has 2 heterocycles. The molecular formula is C22H24N4O5S2. The van der Waals surface area contributed by atoms with E-state index in [4.69, 9.17) is 9.15 Å². The topological polar surface area (TPSA) is 115 Å². The normalized spacial score (nSPS) is 14.8. The zero-order valence-electron chi connectivity index (χ0n) is 18.3. The van der Waals surface area contributed by atoms with Gasteiger partial charge >= 0.3 is 0 Å². The quantitative estimate of drug-likeness (QED) is 0.505. The largest absolute Gasteiger partial charge is 0.411 e. The molecule has 1 aromatic heterocycles. The first-order valence-corrected chi connectivity index (χ1v) is 12.8. The third kappa shape index (κ3) is 5.44. The molecule has 0 unspecified atom stereocenters. The summed E-state index contributed by atoms with van der Waals surface area (Å²) in [6, 6.07) is 12.1. The van der Waals surface area contributed by atoms with Gasteiger partial charge in [-0.2, -0.15) is 4.31 Å². The van der Waals surface area contributed by atoms with E-state index in [1.54, 1.807) is 12.1 Å². The molecule has 1 saturated heterocycles. The van der Waals surface area contributed by atoms with Gasteiger partial charge in [0.05, 0.1) is 23.9 Å². The van der Waals surface area contributed by atoms with Gasteiger partial charge in [-0.05, 0) is 49.2 Å². The van der Waals surface area contributed by atoms with Crippen LogP contribution >= 0.6 is 11.8 Å². The standard InChI is InChI=1S/C22H24N4O5S2/c1-15-4-3-5-16(2)20(15)23-19(27)14-32-22-25-24-21(31-22)17-6-8-18(9-7-17)33(28,29)26-10-12-30-13-11-26/h3-9H,10-14H2,1-2H3,(H,23,27). The zero-order chi connectivity index (χ0) is 23.4. The summed E-state index contributed by atoms with van der Waals surface area (Å²) in [7, 11) is -3.57. The second-order valence-corrected chi connectivity index (χ2v) is 10.4. The number of hydrogen-bond acceptors (Lipinski definition) is 8. The first-order chi connectivity index (χ1) is 15.8. The Morgan fingerprint density at radius 2 is 1.73 bits per heavy atom. The summed E-state index contributed by atoms with van der Waals surface area (Å²) in [6.45, 7) is 5.34. The van der Waals surface area contributed by atoms with Crippen molar-refractivity contribution in [2.24, 2.45) is 0 Å². The summed E-state index contributed by atoms with van der Waals surface area (Å²) in [5.74, 6) is 0.198. The van der Waals surface area contributed by atoms with Crippen molar-refractivity contribution in [1.29, 1.82) is 0 Å². The van der Waals surface area contributed by atoms with Crippen molar-refractivity contribution in [1.82, 2.24) is 14.5 Å². The molecule has 4 rings (SSSR count). The maximum Gasteiger partial charge on any atom is 0.277 e. The number of anilines is 1. The zero-order valence-corrected chi connectivity index (χ0v) is 19.9. The first-order valence-electron chi connectivity index (χ1n) is 10.4. The second kappa shape index (κ2) is 10.0. The summed E-state index contributed by atoms with van der Waals surface area (Å²) in [5, 5.41) is 11.2. The number of sulfonamides is 1. The van der Waals surface area contributed by atoms with Crippen molar-refractivity contribution >= 4 is 33.4 Å². The highest BCUT2D eigenvalue weighted by atomic mass is 32.2. The molecule has 3 aromatic rings. The fourth-order valence-electron chi connectivity index (χ4n) is 3.40. The fraction of sp³-hybridized carbons (Fsp3) is 0.318. The molecule has 0 atom stereocenters. The van der Waals surface area contributed by atoms with Crippen LogP contribution in [0.15, 0.2) is 57.0 Å². The van der Waals surface area contributed by atoms with Gasteiger partial charge in [-0.15, -0.1) is 10.2 Å². The van der Waals surface area contributed by atoms with Gasteiger partial charge in [0.15, 0.2) is 0 Å².